The van der Waals surface area contributed by atoms with Crippen molar-refractivity contribution in [3.05, 3.63) is 0 Å². The summed E-state index contributed by atoms with van der Waals surface area (Å²) in [6.07, 6.45) is 1.98. The molecule has 4 nitrogen and oxygen atoms in total. The minimum absolute atomic E-state index is 0.173. The minimum Gasteiger partial charge on any atom is -0.444 e. The summed E-state index contributed by atoms with van der Waals surface area (Å²) in [6, 6.07) is 0.301. The van der Waals surface area contributed by atoms with Crippen LogP contribution in [0.1, 0.15) is 40.5 Å². The lowest BCUT2D eigenvalue weighted by Crippen LogP contribution is -2.44. The number of amides is 1. The maximum atomic E-state index is 11.9. The highest BCUT2D eigenvalue weighted by atomic mass is 16.6. The lowest BCUT2D eigenvalue weighted by Gasteiger charge is -2.28. The third-order valence-electron chi connectivity index (χ3n) is 2.64. The van der Waals surface area contributed by atoms with Crippen LogP contribution < -0.4 is 5.32 Å². The molecule has 1 fully saturated rings. The van der Waals surface area contributed by atoms with Gasteiger partial charge in [0, 0.05) is 19.1 Å². The molecule has 1 rings (SSSR count). The van der Waals surface area contributed by atoms with Crippen molar-refractivity contribution in [2.75, 3.05) is 19.6 Å². The Morgan fingerprint density at radius 3 is 2.75 bits per heavy atom. The molecule has 94 valence electrons. The van der Waals surface area contributed by atoms with Gasteiger partial charge >= 0.3 is 6.09 Å². The third kappa shape index (κ3) is 4.00. The van der Waals surface area contributed by atoms with E-state index in [-0.39, 0.29) is 6.09 Å². The Labute approximate surface area is 98.3 Å². The van der Waals surface area contributed by atoms with Crippen LogP contribution in [-0.2, 0) is 4.74 Å². The van der Waals surface area contributed by atoms with Crippen LogP contribution in [0.2, 0.25) is 0 Å². The molecule has 16 heavy (non-hydrogen) atoms. The van der Waals surface area contributed by atoms with E-state index in [1.165, 1.54) is 0 Å². The molecule has 1 saturated heterocycles. The van der Waals surface area contributed by atoms with Gasteiger partial charge in [-0.2, -0.15) is 0 Å². The molecule has 1 unspecified atom stereocenters. The summed E-state index contributed by atoms with van der Waals surface area (Å²) in [7, 11) is 0. The molecule has 0 aliphatic carbocycles. The van der Waals surface area contributed by atoms with E-state index in [1.54, 1.807) is 0 Å². The summed E-state index contributed by atoms with van der Waals surface area (Å²) >= 11 is 0. The maximum absolute atomic E-state index is 11.9. The van der Waals surface area contributed by atoms with Gasteiger partial charge in [-0.15, -0.1) is 0 Å². The van der Waals surface area contributed by atoms with E-state index in [9.17, 15) is 4.79 Å². The predicted molar refractivity (Wildman–Crippen MR) is 64.5 cm³/mol. The van der Waals surface area contributed by atoms with E-state index in [4.69, 9.17) is 4.74 Å². The number of likely N-dealkylation sites (N-methyl/N-ethyl adjacent to an activating group) is 1. The molecule has 0 radical (unpaired) electrons. The highest BCUT2D eigenvalue weighted by molar-refractivity contribution is 5.69. The average molecular weight is 228 g/mol. The van der Waals surface area contributed by atoms with E-state index < -0.39 is 5.60 Å². The van der Waals surface area contributed by atoms with Gasteiger partial charge in [-0.1, -0.05) is 6.92 Å². The van der Waals surface area contributed by atoms with Crippen LogP contribution in [0.5, 0.6) is 0 Å². The maximum Gasteiger partial charge on any atom is 0.410 e. The van der Waals surface area contributed by atoms with Crippen molar-refractivity contribution >= 4 is 6.09 Å². The van der Waals surface area contributed by atoms with Gasteiger partial charge in [0.15, 0.2) is 0 Å². The second kappa shape index (κ2) is 5.53. The van der Waals surface area contributed by atoms with Crippen molar-refractivity contribution < 1.29 is 9.53 Å². The number of ether oxygens (including phenoxy) is 1. The fourth-order valence-corrected chi connectivity index (χ4v) is 1.92. The molecule has 1 amide bonds. The third-order valence-corrected chi connectivity index (χ3v) is 2.64. The first-order chi connectivity index (χ1) is 7.44. The van der Waals surface area contributed by atoms with E-state index in [1.807, 2.05) is 25.7 Å². The molecule has 1 N–H and O–H groups in total. The van der Waals surface area contributed by atoms with Crippen molar-refractivity contribution in [3.63, 3.8) is 0 Å². The largest absolute Gasteiger partial charge is 0.444 e. The van der Waals surface area contributed by atoms with Gasteiger partial charge in [0.2, 0.25) is 0 Å². The second-order valence-corrected chi connectivity index (χ2v) is 5.28. The predicted octanol–water partition coefficient (Wildman–Crippen LogP) is 2.00. The van der Waals surface area contributed by atoms with Gasteiger partial charge in [-0.25, -0.2) is 4.79 Å². The number of nitrogens with zero attached hydrogens (tertiary/aromatic N) is 1. The smallest absolute Gasteiger partial charge is 0.410 e. The Morgan fingerprint density at radius 2 is 2.19 bits per heavy atom. The zero-order valence-electron chi connectivity index (χ0n) is 10.9. The molecule has 0 aromatic heterocycles. The number of hydrogen-bond donors (Lipinski definition) is 1. The van der Waals surface area contributed by atoms with E-state index in [0.717, 1.165) is 32.5 Å². The fourth-order valence-electron chi connectivity index (χ4n) is 1.92. The second-order valence-electron chi connectivity index (χ2n) is 5.28. The summed E-state index contributed by atoms with van der Waals surface area (Å²) in [4.78, 5) is 13.8. The van der Waals surface area contributed by atoms with Crippen LogP contribution in [0, 0.1) is 0 Å². The molecule has 0 bridgehead atoms. The van der Waals surface area contributed by atoms with Gasteiger partial charge in [0.1, 0.15) is 5.60 Å². The fraction of sp³-hybridized carbons (Fsp3) is 0.917. The number of nitrogens with one attached hydrogen (secondary N) is 1. The summed E-state index contributed by atoms with van der Waals surface area (Å²) in [5.41, 5.74) is -0.400. The highest BCUT2D eigenvalue weighted by Gasteiger charge is 2.31. The molecule has 1 atom stereocenters. The lowest BCUT2D eigenvalue weighted by atomic mass is 10.2. The molecule has 0 aromatic carbocycles. The molecule has 0 saturated carbocycles. The zero-order valence-corrected chi connectivity index (χ0v) is 10.9. The molecule has 1 heterocycles. The van der Waals surface area contributed by atoms with E-state index in [0.29, 0.717) is 6.04 Å². The molecule has 4 heteroatoms. The Balaban J connectivity index is 2.47. The summed E-state index contributed by atoms with van der Waals surface area (Å²) < 4.78 is 5.39. The van der Waals surface area contributed by atoms with Gasteiger partial charge < -0.3 is 15.0 Å². The van der Waals surface area contributed by atoms with Crippen molar-refractivity contribution in [2.24, 2.45) is 0 Å². The number of likely N-dealkylation sites (tertiary alicyclic amines) is 1. The van der Waals surface area contributed by atoms with E-state index in [2.05, 4.69) is 12.2 Å². The average Bonchev–Trinajstić information content (AvgIpc) is 2.59. The summed E-state index contributed by atoms with van der Waals surface area (Å²) in [5, 5.41) is 3.29. The summed E-state index contributed by atoms with van der Waals surface area (Å²) in [6.45, 7) is 10.4. The number of carbonyl (C=O) groups is 1. The van der Waals surface area contributed by atoms with Crippen LogP contribution in [0.3, 0.4) is 0 Å². The molecule has 1 aliphatic heterocycles. The topological polar surface area (TPSA) is 41.6 Å². The molecular formula is C12H24N2O2. The standard InChI is InChI=1S/C12H24N2O2/c1-5-13-9-10-7-6-8-14(10)11(15)16-12(2,3)4/h10,13H,5-9H2,1-4H3. The van der Waals surface area contributed by atoms with E-state index >= 15 is 0 Å². The molecule has 1 aliphatic rings. The minimum atomic E-state index is -0.400. The quantitative estimate of drug-likeness (QED) is 0.803. The molecular weight excluding hydrogens is 204 g/mol. The van der Waals surface area contributed by atoms with Crippen molar-refractivity contribution in [1.82, 2.24) is 10.2 Å². The molecule has 0 aromatic rings. The Kier molecular flexibility index (Phi) is 4.59. The van der Waals surface area contributed by atoms with Crippen LogP contribution in [-0.4, -0.2) is 42.3 Å². The van der Waals surface area contributed by atoms with Crippen molar-refractivity contribution in [3.8, 4) is 0 Å². The first-order valence-corrected chi connectivity index (χ1v) is 6.14. The Hall–Kier alpha value is -0.770. The zero-order chi connectivity index (χ0) is 12.2. The van der Waals surface area contributed by atoms with Gasteiger partial charge in [0.25, 0.3) is 0 Å². The number of carbonyl (C=O) groups excluding carboxylic acids is 1. The van der Waals surface area contributed by atoms with Gasteiger partial charge in [-0.05, 0) is 40.2 Å². The van der Waals surface area contributed by atoms with Crippen LogP contribution in [0.25, 0.3) is 0 Å². The number of hydrogen-bond acceptors (Lipinski definition) is 3. The lowest BCUT2D eigenvalue weighted by molar-refractivity contribution is 0.0227. The highest BCUT2D eigenvalue weighted by Crippen LogP contribution is 2.20. The SMILES string of the molecule is CCNCC1CCCN1C(=O)OC(C)(C)C. The van der Waals surface area contributed by atoms with Gasteiger partial charge in [-0.3, -0.25) is 0 Å². The van der Waals surface area contributed by atoms with Crippen LogP contribution in [0.15, 0.2) is 0 Å². The molecule has 0 spiro atoms. The van der Waals surface area contributed by atoms with Crippen LogP contribution in [0.4, 0.5) is 4.79 Å². The first-order valence-electron chi connectivity index (χ1n) is 6.14. The van der Waals surface area contributed by atoms with Crippen molar-refractivity contribution in [1.29, 1.82) is 0 Å². The Morgan fingerprint density at radius 1 is 1.50 bits per heavy atom. The Bertz CT molecular complexity index is 236. The normalized spacial score (nSPS) is 21.2. The van der Waals surface area contributed by atoms with Crippen molar-refractivity contribution in [2.45, 2.75) is 52.2 Å². The number of rotatable bonds is 3. The summed E-state index contributed by atoms with van der Waals surface area (Å²) in [5.74, 6) is 0. The first kappa shape index (κ1) is 13.3. The monoisotopic (exact) mass is 228 g/mol. The van der Waals surface area contributed by atoms with Crippen LogP contribution >= 0.6 is 0 Å². The van der Waals surface area contributed by atoms with Gasteiger partial charge in [0.05, 0.1) is 0 Å².